The molecule has 1 unspecified atom stereocenters. The molecule has 0 N–H and O–H groups in total. The van der Waals surface area contributed by atoms with E-state index >= 15 is 0 Å². The van der Waals surface area contributed by atoms with Crippen molar-refractivity contribution in [3.05, 3.63) is 0 Å². The lowest BCUT2D eigenvalue weighted by atomic mass is 10.0. The summed E-state index contributed by atoms with van der Waals surface area (Å²) in [7, 11) is 1.78. The first-order chi connectivity index (χ1) is 5.11. The molecule has 11 heavy (non-hydrogen) atoms. The molecule has 0 radical (unpaired) electrons. The maximum absolute atomic E-state index is 11.2. The molecule has 1 saturated heterocycles. The van der Waals surface area contributed by atoms with Gasteiger partial charge in [0.05, 0.1) is 0 Å². The molecule has 1 aliphatic heterocycles. The van der Waals surface area contributed by atoms with Crippen molar-refractivity contribution in [3.8, 4) is 0 Å². The minimum absolute atomic E-state index is 0.0301. The van der Waals surface area contributed by atoms with E-state index in [0.29, 0.717) is 6.42 Å². The van der Waals surface area contributed by atoms with E-state index in [1.165, 1.54) is 6.92 Å². The molecule has 0 spiro atoms. The third-order valence-corrected chi connectivity index (χ3v) is 2.07. The third-order valence-electron chi connectivity index (χ3n) is 2.07. The van der Waals surface area contributed by atoms with Crippen molar-refractivity contribution in [2.45, 2.75) is 19.8 Å². The highest BCUT2D eigenvalue weighted by molar-refractivity contribution is 5.86. The molecule has 1 aliphatic rings. The molecular formula is C8H13NO2. The summed E-state index contributed by atoms with van der Waals surface area (Å²) in [6, 6.07) is 0. The van der Waals surface area contributed by atoms with Crippen LogP contribution >= 0.6 is 0 Å². The number of hydrogen-bond donors (Lipinski definition) is 0. The van der Waals surface area contributed by atoms with Crippen molar-refractivity contribution in [2.75, 3.05) is 13.6 Å². The minimum Gasteiger partial charge on any atom is -0.345 e. The maximum Gasteiger partial charge on any atom is 0.225 e. The second-order valence-electron chi connectivity index (χ2n) is 3.15. The lowest BCUT2D eigenvalue weighted by molar-refractivity contribution is -0.132. The molecule has 1 rings (SSSR count). The standard InChI is InChI=1S/C8H13NO2/c1-6(10)5-7-3-4-9(2)8(7)11/h7H,3-5H2,1-2H3. The first-order valence-electron chi connectivity index (χ1n) is 3.85. The van der Waals surface area contributed by atoms with Crippen molar-refractivity contribution in [1.82, 2.24) is 4.90 Å². The molecule has 0 aromatic rings. The van der Waals surface area contributed by atoms with Crippen LogP contribution in [0.5, 0.6) is 0 Å². The molecule has 3 nitrogen and oxygen atoms in total. The lowest BCUT2D eigenvalue weighted by Gasteiger charge is -2.07. The van der Waals surface area contributed by atoms with Crippen LogP contribution in [0.3, 0.4) is 0 Å². The predicted molar refractivity (Wildman–Crippen MR) is 41.0 cm³/mol. The van der Waals surface area contributed by atoms with E-state index in [9.17, 15) is 9.59 Å². The van der Waals surface area contributed by atoms with Crippen LogP contribution < -0.4 is 0 Å². The van der Waals surface area contributed by atoms with Crippen LogP contribution in [0.2, 0.25) is 0 Å². The van der Waals surface area contributed by atoms with Crippen LogP contribution in [0, 0.1) is 5.92 Å². The molecule has 3 heteroatoms. The quantitative estimate of drug-likeness (QED) is 0.580. The first kappa shape index (κ1) is 8.24. The van der Waals surface area contributed by atoms with Crippen molar-refractivity contribution in [3.63, 3.8) is 0 Å². The van der Waals surface area contributed by atoms with E-state index in [4.69, 9.17) is 0 Å². The summed E-state index contributed by atoms with van der Waals surface area (Å²) in [5.41, 5.74) is 0. The van der Waals surface area contributed by atoms with Gasteiger partial charge in [-0.3, -0.25) is 4.79 Å². The number of carbonyl (C=O) groups is 2. The fourth-order valence-corrected chi connectivity index (χ4v) is 1.43. The van der Waals surface area contributed by atoms with Crippen molar-refractivity contribution in [2.24, 2.45) is 5.92 Å². The Hall–Kier alpha value is -0.860. The lowest BCUT2D eigenvalue weighted by Crippen LogP contribution is -2.23. The predicted octanol–water partition coefficient (Wildman–Crippen LogP) is 0.444. The Labute approximate surface area is 66.4 Å². The summed E-state index contributed by atoms with van der Waals surface area (Å²) in [6.07, 6.45) is 1.26. The molecular weight excluding hydrogens is 142 g/mol. The fourth-order valence-electron chi connectivity index (χ4n) is 1.43. The molecule has 0 aromatic carbocycles. The number of rotatable bonds is 2. The van der Waals surface area contributed by atoms with Gasteiger partial charge in [-0.05, 0) is 13.3 Å². The van der Waals surface area contributed by atoms with Gasteiger partial charge < -0.3 is 9.69 Å². The van der Waals surface area contributed by atoms with E-state index in [-0.39, 0.29) is 17.6 Å². The zero-order valence-corrected chi connectivity index (χ0v) is 6.96. The normalized spacial score (nSPS) is 24.4. The Kier molecular flexibility index (Phi) is 2.27. The van der Waals surface area contributed by atoms with Gasteiger partial charge in [0.2, 0.25) is 5.91 Å². The second-order valence-corrected chi connectivity index (χ2v) is 3.15. The Morgan fingerprint density at radius 2 is 2.36 bits per heavy atom. The Balaban J connectivity index is 2.49. The molecule has 1 fully saturated rings. The smallest absolute Gasteiger partial charge is 0.225 e. The SMILES string of the molecule is CC(=O)CC1CCN(C)C1=O. The highest BCUT2D eigenvalue weighted by Gasteiger charge is 2.29. The number of nitrogens with zero attached hydrogens (tertiary/aromatic N) is 1. The summed E-state index contributed by atoms with van der Waals surface area (Å²) in [5, 5.41) is 0. The third kappa shape index (κ3) is 1.79. The zero-order chi connectivity index (χ0) is 8.43. The highest BCUT2D eigenvalue weighted by Crippen LogP contribution is 2.19. The van der Waals surface area contributed by atoms with E-state index in [2.05, 4.69) is 0 Å². The largest absolute Gasteiger partial charge is 0.345 e. The van der Waals surface area contributed by atoms with Crippen molar-refractivity contribution >= 4 is 11.7 Å². The minimum atomic E-state index is -0.0301. The van der Waals surface area contributed by atoms with Crippen molar-refractivity contribution in [1.29, 1.82) is 0 Å². The monoisotopic (exact) mass is 155 g/mol. The van der Waals surface area contributed by atoms with Gasteiger partial charge in [-0.1, -0.05) is 0 Å². The number of Topliss-reactive ketones (excluding diaryl/α,β-unsaturated/α-hetero) is 1. The summed E-state index contributed by atoms with van der Waals surface area (Å²) in [6.45, 7) is 2.34. The molecule has 1 amide bonds. The molecule has 1 heterocycles. The highest BCUT2D eigenvalue weighted by atomic mass is 16.2. The van der Waals surface area contributed by atoms with Gasteiger partial charge in [0, 0.05) is 25.9 Å². The van der Waals surface area contributed by atoms with Crippen LogP contribution in [0.15, 0.2) is 0 Å². The molecule has 0 aromatic heterocycles. The molecule has 0 saturated carbocycles. The van der Waals surface area contributed by atoms with E-state index in [1.807, 2.05) is 0 Å². The van der Waals surface area contributed by atoms with Gasteiger partial charge in [0.1, 0.15) is 5.78 Å². The van der Waals surface area contributed by atoms with Gasteiger partial charge in [0.15, 0.2) is 0 Å². The maximum atomic E-state index is 11.2. The van der Waals surface area contributed by atoms with Gasteiger partial charge in [0.25, 0.3) is 0 Å². The summed E-state index contributed by atoms with van der Waals surface area (Å²) in [4.78, 5) is 23.6. The van der Waals surface area contributed by atoms with Crippen LogP contribution in [-0.4, -0.2) is 30.2 Å². The summed E-state index contributed by atoms with van der Waals surface area (Å²) in [5.74, 6) is 0.205. The second kappa shape index (κ2) is 3.03. The Morgan fingerprint density at radius 3 is 2.73 bits per heavy atom. The molecule has 0 aliphatic carbocycles. The molecule has 1 atom stereocenters. The molecule has 62 valence electrons. The van der Waals surface area contributed by atoms with Crippen LogP contribution in [0.25, 0.3) is 0 Å². The number of carbonyl (C=O) groups excluding carboxylic acids is 2. The Bertz CT molecular complexity index is 189. The number of ketones is 1. The molecule has 0 bridgehead atoms. The van der Waals surface area contributed by atoms with E-state index in [0.717, 1.165) is 13.0 Å². The zero-order valence-electron chi connectivity index (χ0n) is 6.96. The van der Waals surface area contributed by atoms with E-state index in [1.54, 1.807) is 11.9 Å². The van der Waals surface area contributed by atoms with Gasteiger partial charge in [-0.15, -0.1) is 0 Å². The topological polar surface area (TPSA) is 37.4 Å². The first-order valence-corrected chi connectivity index (χ1v) is 3.85. The van der Waals surface area contributed by atoms with Crippen LogP contribution in [0.4, 0.5) is 0 Å². The Morgan fingerprint density at radius 1 is 1.73 bits per heavy atom. The van der Waals surface area contributed by atoms with Gasteiger partial charge in [-0.2, -0.15) is 0 Å². The van der Waals surface area contributed by atoms with Gasteiger partial charge >= 0.3 is 0 Å². The average Bonchev–Trinajstić information content (AvgIpc) is 2.18. The summed E-state index contributed by atoms with van der Waals surface area (Å²) < 4.78 is 0. The van der Waals surface area contributed by atoms with Crippen molar-refractivity contribution < 1.29 is 9.59 Å². The fraction of sp³-hybridized carbons (Fsp3) is 0.750. The number of amides is 1. The number of hydrogen-bond acceptors (Lipinski definition) is 2. The average molecular weight is 155 g/mol. The van der Waals surface area contributed by atoms with Gasteiger partial charge in [-0.25, -0.2) is 0 Å². The van der Waals surface area contributed by atoms with Crippen LogP contribution in [0.1, 0.15) is 19.8 Å². The number of likely N-dealkylation sites (tertiary alicyclic amines) is 1. The van der Waals surface area contributed by atoms with Crippen LogP contribution in [-0.2, 0) is 9.59 Å². The summed E-state index contributed by atoms with van der Waals surface area (Å²) >= 11 is 0. The van der Waals surface area contributed by atoms with E-state index < -0.39 is 0 Å².